The molecule has 0 fully saturated rings. The molecule has 0 saturated heterocycles. The van der Waals surface area contributed by atoms with Crippen LogP contribution in [0.25, 0.3) is 6.08 Å². The van der Waals surface area contributed by atoms with Gasteiger partial charge in [-0.1, -0.05) is 12.2 Å². The quantitative estimate of drug-likeness (QED) is 0.769. The summed E-state index contributed by atoms with van der Waals surface area (Å²) in [5.41, 5.74) is 0.0241. The van der Waals surface area contributed by atoms with Crippen molar-refractivity contribution >= 4 is 6.08 Å². The highest BCUT2D eigenvalue weighted by Crippen LogP contribution is 2.31. The minimum Gasteiger partial charge on any atom is -0.406 e. The van der Waals surface area contributed by atoms with E-state index >= 15 is 0 Å². The first kappa shape index (κ1) is 15.2. The van der Waals surface area contributed by atoms with Crippen molar-refractivity contribution in [3.63, 3.8) is 0 Å². The first-order chi connectivity index (χ1) is 8.59. The van der Waals surface area contributed by atoms with Crippen LogP contribution in [-0.2, 0) is 0 Å². The van der Waals surface area contributed by atoms with Gasteiger partial charge in [0.25, 0.3) is 0 Å². The Morgan fingerprint density at radius 1 is 0.842 bits per heavy atom. The van der Waals surface area contributed by atoms with E-state index in [4.69, 9.17) is 0 Å². The average Bonchev–Trinajstić information content (AvgIpc) is 2.11. The van der Waals surface area contributed by atoms with Gasteiger partial charge in [0, 0.05) is 6.07 Å². The zero-order chi connectivity index (χ0) is 14.7. The predicted octanol–water partition coefficient (Wildman–Crippen LogP) is 4.33. The predicted molar refractivity (Wildman–Crippen MR) is 54.2 cm³/mol. The van der Waals surface area contributed by atoms with Gasteiger partial charge in [0.2, 0.25) is 0 Å². The lowest BCUT2D eigenvalue weighted by molar-refractivity contribution is -0.276. The van der Waals surface area contributed by atoms with Gasteiger partial charge in [-0.3, -0.25) is 0 Å². The smallest absolute Gasteiger partial charge is 0.406 e. The topological polar surface area (TPSA) is 18.5 Å². The third-order valence-corrected chi connectivity index (χ3v) is 1.68. The Morgan fingerprint density at radius 3 is 1.58 bits per heavy atom. The summed E-state index contributed by atoms with van der Waals surface area (Å²) in [6.07, 6.45) is -7.62. The van der Waals surface area contributed by atoms with Crippen LogP contribution >= 0.6 is 0 Å². The molecule has 0 aliphatic heterocycles. The Morgan fingerprint density at radius 2 is 1.26 bits per heavy atom. The highest BCUT2D eigenvalue weighted by atomic mass is 19.4. The maximum absolute atomic E-state index is 12.0. The summed E-state index contributed by atoms with van der Waals surface area (Å²) >= 11 is 0. The third-order valence-electron chi connectivity index (χ3n) is 1.68. The normalized spacial score (nSPS) is 12.8. The molecule has 1 radical (unpaired) electrons. The molecule has 0 atom stereocenters. The van der Waals surface area contributed by atoms with Crippen molar-refractivity contribution in [2.45, 2.75) is 12.7 Å². The van der Waals surface area contributed by atoms with E-state index in [9.17, 15) is 26.3 Å². The maximum Gasteiger partial charge on any atom is 0.573 e. The first-order valence-corrected chi connectivity index (χ1v) is 4.71. The van der Waals surface area contributed by atoms with E-state index in [-0.39, 0.29) is 5.56 Å². The van der Waals surface area contributed by atoms with Gasteiger partial charge in [-0.05, 0) is 24.6 Å². The SMILES string of the molecule is [CH2]C=Cc1cc(OC(F)(F)F)cc(OC(F)(F)F)c1. The molecule has 0 unspecified atom stereocenters. The Bertz CT molecular complexity index is 427. The van der Waals surface area contributed by atoms with Crippen LogP contribution in [0.5, 0.6) is 11.5 Å². The van der Waals surface area contributed by atoms with Gasteiger partial charge in [-0.15, -0.1) is 26.3 Å². The Balaban J connectivity index is 3.10. The van der Waals surface area contributed by atoms with Crippen molar-refractivity contribution in [2.24, 2.45) is 0 Å². The van der Waals surface area contributed by atoms with Crippen LogP contribution in [0.2, 0.25) is 0 Å². The number of alkyl halides is 6. The van der Waals surface area contributed by atoms with Crippen molar-refractivity contribution in [1.29, 1.82) is 0 Å². The fourth-order valence-corrected chi connectivity index (χ4v) is 1.21. The molecule has 2 nitrogen and oxygen atoms in total. The van der Waals surface area contributed by atoms with Crippen LogP contribution in [0.15, 0.2) is 24.3 Å². The highest BCUT2D eigenvalue weighted by molar-refractivity contribution is 5.55. The zero-order valence-electron chi connectivity index (χ0n) is 9.18. The number of halogens is 6. The number of rotatable bonds is 3. The van der Waals surface area contributed by atoms with Gasteiger partial charge >= 0.3 is 12.7 Å². The summed E-state index contributed by atoms with van der Waals surface area (Å²) in [4.78, 5) is 0. The molecule has 0 aliphatic rings. The monoisotopic (exact) mass is 285 g/mol. The van der Waals surface area contributed by atoms with Crippen LogP contribution < -0.4 is 9.47 Å². The van der Waals surface area contributed by atoms with E-state index in [1.165, 1.54) is 12.2 Å². The maximum atomic E-state index is 12.0. The van der Waals surface area contributed by atoms with Crippen molar-refractivity contribution < 1.29 is 35.8 Å². The summed E-state index contributed by atoms with van der Waals surface area (Å²) in [6.45, 7) is 3.28. The van der Waals surface area contributed by atoms with E-state index in [1.54, 1.807) is 0 Å². The van der Waals surface area contributed by atoms with Crippen LogP contribution in [0.1, 0.15) is 5.56 Å². The molecule has 0 amide bonds. The fraction of sp³-hybridized carbons (Fsp3) is 0.182. The summed E-state index contributed by atoms with van der Waals surface area (Å²) in [5, 5.41) is 0. The third kappa shape index (κ3) is 6.03. The number of hydrogen-bond donors (Lipinski definition) is 0. The lowest BCUT2D eigenvalue weighted by Gasteiger charge is -2.13. The number of benzene rings is 1. The second kappa shape index (κ2) is 5.41. The second-order valence-electron chi connectivity index (χ2n) is 3.24. The van der Waals surface area contributed by atoms with Gasteiger partial charge in [0.15, 0.2) is 0 Å². The summed E-state index contributed by atoms with van der Waals surface area (Å²) < 4.78 is 79.2. The number of hydrogen-bond acceptors (Lipinski definition) is 2. The molecule has 1 aromatic carbocycles. The van der Waals surface area contributed by atoms with E-state index in [2.05, 4.69) is 16.4 Å². The van der Waals surface area contributed by atoms with Gasteiger partial charge < -0.3 is 9.47 Å². The molecule has 0 N–H and O–H groups in total. The van der Waals surface area contributed by atoms with Crippen molar-refractivity contribution in [3.05, 3.63) is 36.8 Å². The van der Waals surface area contributed by atoms with E-state index in [1.807, 2.05) is 0 Å². The standard InChI is InChI=1S/C11H7F6O2/c1-2-3-7-4-8(18-10(12,13)14)6-9(5-7)19-11(15,16)17/h2-6H,1H2. The molecule has 0 bridgehead atoms. The number of allylic oxidation sites excluding steroid dienone is 1. The second-order valence-corrected chi connectivity index (χ2v) is 3.24. The van der Waals surface area contributed by atoms with Crippen LogP contribution in [0.3, 0.4) is 0 Å². The zero-order valence-corrected chi connectivity index (χ0v) is 9.18. The van der Waals surface area contributed by atoms with Crippen molar-refractivity contribution in [2.75, 3.05) is 0 Å². The molecule has 0 aliphatic carbocycles. The van der Waals surface area contributed by atoms with E-state index < -0.39 is 24.2 Å². The molecule has 0 spiro atoms. The number of ether oxygens (including phenoxy) is 2. The average molecular weight is 285 g/mol. The molecule has 19 heavy (non-hydrogen) atoms. The lowest BCUT2D eigenvalue weighted by atomic mass is 10.2. The summed E-state index contributed by atoms with van der Waals surface area (Å²) in [5.74, 6) is -1.63. The van der Waals surface area contributed by atoms with E-state index in [0.717, 1.165) is 12.1 Å². The van der Waals surface area contributed by atoms with Crippen LogP contribution in [0.4, 0.5) is 26.3 Å². The molecule has 0 heterocycles. The molecule has 105 valence electrons. The Labute approximate surface area is 104 Å². The fourth-order valence-electron chi connectivity index (χ4n) is 1.21. The molecule has 8 heteroatoms. The molecular weight excluding hydrogens is 278 g/mol. The van der Waals surface area contributed by atoms with E-state index in [0.29, 0.717) is 6.07 Å². The van der Waals surface area contributed by atoms with Gasteiger partial charge in [-0.2, -0.15) is 0 Å². The Kier molecular flexibility index (Phi) is 4.33. The summed E-state index contributed by atoms with van der Waals surface area (Å²) in [7, 11) is 0. The Hall–Kier alpha value is -1.86. The first-order valence-electron chi connectivity index (χ1n) is 4.71. The minimum absolute atomic E-state index is 0.0241. The molecular formula is C11H7F6O2. The molecule has 0 saturated carbocycles. The molecule has 1 rings (SSSR count). The summed E-state index contributed by atoms with van der Waals surface area (Å²) in [6, 6.07) is 2.29. The van der Waals surface area contributed by atoms with Gasteiger partial charge in [0.1, 0.15) is 11.5 Å². The van der Waals surface area contributed by atoms with Crippen LogP contribution in [0, 0.1) is 6.92 Å². The van der Waals surface area contributed by atoms with Crippen molar-refractivity contribution in [1.82, 2.24) is 0 Å². The molecule has 1 aromatic rings. The minimum atomic E-state index is -5.01. The highest BCUT2D eigenvalue weighted by Gasteiger charge is 2.33. The molecule has 0 aromatic heterocycles. The lowest BCUT2D eigenvalue weighted by Crippen LogP contribution is -2.19. The largest absolute Gasteiger partial charge is 0.573 e. The van der Waals surface area contributed by atoms with Gasteiger partial charge in [0.05, 0.1) is 0 Å². The van der Waals surface area contributed by atoms with Gasteiger partial charge in [-0.25, -0.2) is 0 Å². The van der Waals surface area contributed by atoms with Crippen LogP contribution in [-0.4, -0.2) is 12.7 Å². The van der Waals surface area contributed by atoms with Crippen molar-refractivity contribution in [3.8, 4) is 11.5 Å².